The fourth-order valence-corrected chi connectivity index (χ4v) is 4.04. The van der Waals surface area contributed by atoms with E-state index in [1.165, 1.54) is 11.3 Å². The van der Waals surface area contributed by atoms with Gasteiger partial charge in [-0.05, 0) is 30.2 Å². The number of thiophene rings is 1. The number of primary amides is 1. The van der Waals surface area contributed by atoms with Crippen LogP contribution in [0.1, 0.15) is 15.4 Å². The van der Waals surface area contributed by atoms with E-state index in [2.05, 4.69) is 9.97 Å². The second-order valence-corrected chi connectivity index (χ2v) is 7.22. The largest absolute Gasteiger partial charge is 0.399 e. The molecule has 2 heterocycles. The summed E-state index contributed by atoms with van der Waals surface area (Å²) >= 11 is 1.19. The number of amides is 1. The predicted octanol–water partition coefficient (Wildman–Crippen LogP) is 3.60. The minimum absolute atomic E-state index is 0.316. The van der Waals surface area contributed by atoms with E-state index < -0.39 is 5.91 Å². The first-order valence-corrected chi connectivity index (χ1v) is 9.08. The number of aryl methyl sites for hydroxylation is 1. The smallest absolute Gasteiger partial charge is 0.260 e. The fourth-order valence-electron chi connectivity index (χ4n) is 3.04. The number of carbonyl (C=O) groups is 1. The Balaban J connectivity index is 1.77. The van der Waals surface area contributed by atoms with Crippen molar-refractivity contribution in [3.05, 3.63) is 59.1 Å². The monoisotopic (exact) mass is 375 g/mol. The third-order valence-electron chi connectivity index (χ3n) is 4.36. The van der Waals surface area contributed by atoms with Crippen LogP contribution >= 0.6 is 11.3 Å². The Kier molecular flexibility index (Phi) is 4.01. The van der Waals surface area contributed by atoms with Crippen molar-refractivity contribution in [3.63, 3.8) is 0 Å². The van der Waals surface area contributed by atoms with E-state index in [-0.39, 0.29) is 0 Å². The molecule has 0 aliphatic heterocycles. The minimum Gasteiger partial charge on any atom is -0.399 e. The highest BCUT2D eigenvalue weighted by Crippen LogP contribution is 2.35. The molecule has 0 saturated carbocycles. The van der Waals surface area contributed by atoms with Crippen molar-refractivity contribution in [1.82, 2.24) is 9.97 Å². The average molecular weight is 375 g/mol. The van der Waals surface area contributed by atoms with Crippen LogP contribution in [0.4, 0.5) is 11.4 Å². The standard InChI is InChI=1S/C20H17N5OS/c1-10-15-16(22)17(18(23)26)27-20(15)25-19(24-10)12-7-5-11(6-8-12)13-3-2-4-14(21)9-13/h2-9H,21-22H2,1H3,(H2,23,26). The van der Waals surface area contributed by atoms with Crippen molar-refractivity contribution in [2.45, 2.75) is 6.92 Å². The molecule has 0 fully saturated rings. The van der Waals surface area contributed by atoms with Gasteiger partial charge in [0.1, 0.15) is 9.71 Å². The van der Waals surface area contributed by atoms with E-state index in [0.29, 0.717) is 26.6 Å². The zero-order valence-corrected chi connectivity index (χ0v) is 15.4. The molecule has 0 bridgehead atoms. The Labute approximate surface area is 159 Å². The van der Waals surface area contributed by atoms with Gasteiger partial charge in [-0.2, -0.15) is 0 Å². The minimum atomic E-state index is -0.553. The summed E-state index contributed by atoms with van der Waals surface area (Å²) in [5, 5.41) is 0.689. The maximum Gasteiger partial charge on any atom is 0.260 e. The SMILES string of the molecule is Cc1nc(-c2ccc(-c3cccc(N)c3)cc2)nc2sc(C(N)=O)c(N)c12. The number of hydrogen-bond acceptors (Lipinski definition) is 6. The van der Waals surface area contributed by atoms with Crippen molar-refractivity contribution >= 4 is 38.8 Å². The molecule has 0 atom stereocenters. The Hall–Kier alpha value is -3.45. The molecule has 4 rings (SSSR count). The summed E-state index contributed by atoms with van der Waals surface area (Å²) in [5.41, 5.74) is 22.1. The lowest BCUT2D eigenvalue weighted by Crippen LogP contribution is -2.10. The number of nitrogens with zero attached hydrogens (tertiary/aromatic N) is 2. The number of carbonyl (C=O) groups excluding carboxylic acids is 1. The number of rotatable bonds is 3. The number of nitrogen functional groups attached to an aromatic ring is 2. The van der Waals surface area contributed by atoms with E-state index in [1.54, 1.807) is 0 Å². The van der Waals surface area contributed by atoms with Crippen LogP contribution in [-0.4, -0.2) is 15.9 Å². The highest BCUT2D eigenvalue weighted by molar-refractivity contribution is 7.21. The van der Waals surface area contributed by atoms with Gasteiger partial charge in [0.05, 0.1) is 16.8 Å². The number of benzene rings is 2. The number of fused-ring (bicyclic) bond motifs is 1. The number of anilines is 2. The van der Waals surface area contributed by atoms with Crippen LogP contribution in [-0.2, 0) is 0 Å². The highest BCUT2D eigenvalue weighted by atomic mass is 32.1. The number of aromatic nitrogens is 2. The van der Waals surface area contributed by atoms with E-state index in [1.807, 2.05) is 55.5 Å². The molecule has 27 heavy (non-hydrogen) atoms. The fraction of sp³-hybridized carbons (Fsp3) is 0.0500. The normalized spacial score (nSPS) is 11.0. The van der Waals surface area contributed by atoms with Crippen LogP contribution in [0.25, 0.3) is 32.7 Å². The molecule has 0 unspecified atom stereocenters. The Morgan fingerprint density at radius 2 is 1.67 bits per heavy atom. The Morgan fingerprint density at radius 1 is 0.963 bits per heavy atom. The molecule has 2 aromatic carbocycles. The molecule has 1 amide bonds. The van der Waals surface area contributed by atoms with Gasteiger partial charge in [0.25, 0.3) is 5.91 Å². The summed E-state index contributed by atoms with van der Waals surface area (Å²) in [6.45, 7) is 1.85. The van der Waals surface area contributed by atoms with Crippen LogP contribution in [0.5, 0.6) is 0 Å². The van der Waals surface area contributed by atoms with Crippen LogP contribution in [0, 0.1) is 6.92 Å². The summed E-state index contributed by atoms with van der Waals surface area (Å²) in [6.07, 6.45) is 0. The molecule has 6 nitrogen and oxygen atoms in total. The average Bonchev–Trinajstić information content (AvgIpc) is 2.99. The molecule has 134 valence electrons. The lowest BCUT2D eigenvalue weighted by Gasteiger charge is -2.06. The summed E-state index contributed by atoms with van der Waals surface area (Å²) in [6, 6.07) is 15.7. The summed E-state index contributed by atoms with van der Waals surface area (Å²) in [4.78, 5) is 21.7. The molecule has 0 spiro atoms. The number of hydrogen-bond donors (Lipinski definition) is 3. The second-order valence-electron chi connectivity index (χ2n) is 6.22. The zero-order chi connectivity index (χ0) is 19.1. The highest BCUT2D eigenvalue weighted by Gasteiger charge is 2.18. The van der Waals surface area contributed by atoms with Crippen LogP contribution in [0.3, 0.4) is 0 Å². The van der Waals surface area contributed by atoms with E-state index in [4.69, 9.17) is 17.2 Å². The van der Waals surface area contributed by atoms with E-state index >= 15 is 0 Å². The van der Waals surface area contributed by atoms with Crippen molar-refractivity contribution < 1.29 is 4.79 Å². The van der Waals surface area contributed by atoms with Gasteiger partial charge in [-0.1, -0.05) is 36.4 Å². The third kappa shape index (κ3) is 2.98. The third-order valence-corrected chi connectivity index (χ3v) is 5.47. The van der Waals surface area contributed by atoms with Gasteiger partial charge in [-0.15, -0.1) is 11.3 Å². The Bertz CT molecular complexity index is 1180. The lowest BCUT2D eigenvalue weighted by molar-refractivity contribution is 0.100. The van der Waals surface area contributed by atoms with Crippen molar-refractivity contribution in [1.29, 1.82) is 0 Å². The maximum absolute atomic E-state index is 11.5. The van der Waals surface area contributed by atoms with Gasteiger partial charge in [0, 0.05) is 11.3 Å². The molecule has 7 heteroatoms. The summed E-state index contributed by atoms with van der Waals surface area (Å²) < 4.78 is 0. The van der Waals surface area contributed by atoms with Crippen LogP contribution < -0.4 is 17.2 Å². The first kappa shape index (κ1) is 17.0. The van der Waals surface area contributed by atoms with Gasteiger partial charge in [0.2, 0.25) is 0 Å². The zero-order valence-electron chi connectivity index (χ0n) is 14.6. The molecule has 0 aliphatic carbocycles. The lowest BCUT2D eigenvalue weighted by atomic mass is 10.0. The quantitative estimate of drug-likeness (QED) is 0.472. The van der Waals surface area contributed by atoms with E-state index in [0.717, 1.165) is 28.1 Å². The topological polar surface area (TPSA) is 121 Å². The van der Waals surface area contributed by atoms with Gasteiger partial charge >= 0.3 is 0 Å². The molecule has 4 aromatic rings. The molecule has 0 aliphatic rings. The second kappa shape index (κ2) is 6.37. The first-order chi connectivity index (χ1) is 12.9. The molecular formula is C20H17N5OS. The predicted molar refractivity (Wildman–Crippen MR) is 110 cm³/mol. The summed E-state index contributed by atoms with van der Waals surface area (Å²) in [7, 11) is 0. The van der Waals surface area contributed by atoms with Gasteiger partial charge in [0.15, 0.2) is 5.82 Å². The van der Waals surface area contributed by atoms with E-state index in [9.17, 15) is 4.79 Å². The molecular weight excluding hydrogens is 358 g/mol. The van der Waals surface area contributed by atoms with Crippen LogP contribution in [0.15, 0.2) is 48.5 Å². The van der Waals surface area contributed by atoms with Crippen LogP contribution in [0.2, 0.25) is 0 Å². The van der Waals surface area contributed by atoms with Crippen molar-refractivity contribution in [2.24, 2.45) is 5.73 Å². The first-order valence-electron chi connectivity index (χ1n) is 8.27. The molecule has 2 aromatic heterocycles. The van der Waals surface area contributed by atoms with Gasteiger partial charge < -0.3 is 17.2 Å². The van der Waals surface area contributed by atoms with Gasteiger partial charge in [-0.25, -0.2) is 9.97 Å². The molecule has 6 N–H and O–H groups in total. The van der Waals surface area contributed by atoms with Crippen molar-refractivity contribution in [2.75, 3.05) is 11.5 Å². The molecule has 0 radical (unpaired) electrons. The number of nitrogens with two attached hydrogens (primary N) is 3. The van der Waals surface area contributed by atoms with Crippen molar-refractivity contribution in [3.8, 4) is 22.5 Å². The maximum atomic E-state index is 11.5. The molecule has 0 saturated heterocycles. The Morgan fingerprint density at radius 3 is 2.33 bits per heavy atom. The van der Waals surface area contributed by atoms with Gasteiger partial charge in [-0.3, -0.25) is 4.79 Å². The summed E-state index contributed by atoms with van der Waals surface area (Å²) in [5.74, 6) is 0.0272.